The van der Waals surface area contributed by atoms with Crippen molar-refractivity contribution in [3.8, 4) is 0 Å². The fourth-order valence-electron chi connectivity index (χ4n) is 4.46. The van der Waals surface area contributed by atoms with Gasteiger partial charge in [0, 0.05) is 37.8 Å². The number of nitrogens with zero attached hydrogens (tertiary/aromatic N) is 1. The van der Waals surface area contributed by atoms with E-state index in [4.69, 9.17) is 0 Å². The summed E-state index contributed by atoms with van der Waals surface area (Å²) >= 11 is 0. The van der Waals surface area contributed by atoms with Crippen molar-refractivity contribution in [3.05, 3.63) is 65.7 Å². The fourth-order valence-corrected chi connectivity index (χ4v) is 4.46. The minimum atomic E-state index is -0.0542. The molecule has 0 aromatic heterocycles. The summed E-state index contributed by atoms with van der Waals surface area (Å²) in [6.07, 6.45) is 2.88. The summed E-state index contributed by atoms with van der Waals surface area (Å²) in [5, 5.41) is 6.12. The number of likely N-dealkylation sites (tertiary alicyclic amines) is 1. The van der Waals surface area contributed by atoms with Crippen molar-refractivity contribution in [2.45, 2.75) is 44.2 Å². The Balaban J connectivity index is 1.33. The molecule has 28 heavy (non-hydrogen) atoms. The van der Waals surface area contributed by atoms with Crippen LogP contribution in [0.3, 0.4) is 0 Å². The Kier molecular flexibility index (Phi) is 5.18. The number of carbonyl (C=O) groups excluding carboxylic acids is 2. The lowest BCUT2D eigenvalue weighted by atomic mass is 9.82. The number of carbonyl (C=O) groups is 2. The Morgan fingerprint density at radius 2 is 1.79 bits per heavy atom. The van der Waals surface area contributed by atoms with Crippen LogP contribution in [0.15, 0.2) is 54.6 Å². The van der Waals surface area contributed by atoms with Gasteiger partial charge in [0.2, 0.25) is 11.8 Å². The average Bonchev–Trinajstić information content (AvgIpc) is 3.02. The maximum Gasteiger partial charge on any atom is 0.228 e. The Hall–Kier alpha value is -2.66. The summed E-state index contributed by atoms with van der Waals surface area (Å²) in [7, 11) is 0. The summed E-state index contributed by atoms with van der Waals surface area (Å²) in [5.74, 6) is 0.101. The number of hydrogen-bond acceptors (Lipinski definition) is 3. The summed E-state index contributed by atoms with van der Waals surface area (Å²) in [6.45, 7) is 4.37. The van der Waals surface area contributed by atoms with E-state index in [9.17, 15) is 9.59 Å². The van der Waals surface area contributed by atoms with Gasteiger partial charge in [0.05, 0.1) is 5.92 Å². The number of amides is 2. The lowest BCUT2D eigenvalue weighted by molar-refractivity contribution is -0.121. The maximum absolute atomic E-state index is 12.6. The normalized spacial score (nSPS) is 21.5. The molecule has 0 unspecified atom stereocenters. The molecular formula is C23H27N3O2. The first-order valence-corrected chi connectivity index (χ1v) is 9.99. The minimum absolute atomic E-state index is 0.0194. The predicted octanol–water partition coefficient (Wildman–Crippen LogP) is 3.28. The van der Waals surface area contributed by atoms with Gasteiger partial charge in [0.25, 0.3) is 0 Å². The van der Waals surface area contributed by atoms with Crippen molar-refractivity contribution in [2.75, 3.05) is 18.4 Å². The molecule has 2 amide bonds. The van der Waals surface area contributed by atoms with Crippen LogP contribution >= 0.6 is 0 Å². The molecule has 0 saturated carbocycles. The third-order valence-electron chi connectivity index (χ3n) is 6.00. The summed E-state index contributed by atoms with van der Waals surface area (Å²) in [4.78, 5) is 26.1. The van der Waals surface area contributed by atoms with Crippen LogP contribution in [-0.4, -0.2) is 35.3 Å². The summed E-state index contributed by atoms with van der Waals surface area (Å²) < 4.78 is 0. The smallest absolute Gasteiger partial charge is 0.228 e. The fraction of sp³-hybridized carbons (Fsp3) is 0.391. The van der Waals surface area contributed by atoms with E-state index in [1.54, 1.807) is 0 Å². The molecule has 2 heterocycles. The molecule has 0 bridgehead atoms. The van der Waals surface area contributed by atoms with Crippen LogP contribution < -0.4 is 10.6 Å². The molecule has 2 aliphatic rings. The standard InChI is InChI=1S/C23H27N3O2/c1-17(27)24-20-9-7-18(8-10-20)16-26-13-11-23(12-14-26)15-21(22(28)25-23)19-5-3-2-4-6-19/h2-10,21H,11-16H2,1H3,(H,24,27)(H,25,28)/t21-/m1/s1. The van der Waals surface area contributed by atoms with Gasteiger partial charge in [0.1, 0.15) is 0 Å². The lowest BCUT2D eigenvalue weighted by Crippen LogP contribution is -2.50. The molecule has 5 nitrogen and oxygen atoms in total. The second kappa shape index (κ2) is 7.76. The lowest BCUT2D eigenvalue weighted by Gasteiger charge is -2.39. The van der Waals surface area contributed by atoms with Crippen LogP contribution in [0.25, 0.3) is 0 Å². The van der Waals surface area contributed by atoms with E-state index >= 15 is 0 Å². The van der Waals surface area contributed by atoms with Gasteiger partial charge in [-0.2, -0.15) is 0 Å². The Morgan fingerprint density at radius 1 is 1.11 bits per heavy atom. The van der Waals surface area contributed by atoms with Gasteiger partial charge in [-0.1, -0.05) is 42.5 Å². The van der Waals surface area contributed by atoms with E-state index in [0.717, 1.165) is 50.1 Å². The Labute approximate surface area is 166 Å². The highest BCUT2D eigenvalue weighted by Crippen LogP contribution is 2.39. The molecule has 2 saturated heterocycles. The zero-order chi connectivity index (χ0) is 19.6. The summed E-state index contributed by atoms with van der Waals surface area (Å²) in [5.41, 5.74) is 3.14. The second-order valence-corrected chi connectivity index (χ2v) is 8.09. The van der Waals surface area contributed by atoms with E-state index in [1.165, 1.54) is 12.5 Å². The number of rotatable bonds is 4. The molecule has 0 aliphatic carbocycles. The Bertz CT molecular complexity index is 840. The molecule has 2 aromatic rings. The highest BCUT2D eigenvalue weighted by atomic mass is 16.2. The van der Waals surface area contributed by atoms with Gasteiger partial charge in [-0.3, -0.25) is 14.5 Å². The largest absolute Gasteiger partial charge is 0.350 e. The van der Waals surface area contributed by atoms with E-state index in [-0.39, 0.29) is 23.3 Å². The molecule has 1 spiro atoms. The van der Waals surface area contributed by atoms with E-state index in [1.807, 2.05) is 30.3 Å². The van der Waals surface area contributed by atoms with Gasteiger partial charge < -0.3 is 10.6 Å². The number of piperidine rings is 1. The van der Waals surface area contributed by atoms with Gasteiger partial charge in [-0.25, -0.2) is 0 Å². The van der Waals surface area contributed by atoms with Crippen molar-refractivity contribution in [1.82, 2.24) is 10.2 Å². The number of benzene rings is 2. The van der Waals surface area contributed by atoms with E-state index < -0.39 is 0 Å². The van der Waals surface area contributed by atoms with Crippen LogP contribution in [0.4, 0.5) is 5.69 Å². The van der Waals surface area contributed by atoms with Gasteiger partial charge in [-0.05, 0) is 42.5 Å². The summed E-state index contributed by atoms with van der Waals surface area (Å²) in [6, 6.07) is 18.2. The third kappa shape index (κ3) is 4.09. The molecular weight excluding hydrogens is 350 g/mol. The highest BCUT2D eigenvalue weighted by molar-refractivity contribution is 5.88. The van der Waals surface area contributed by atoms with Crippen molar-refractivity contribution >= 4 is 17.5 Å². The molecule has 2 fully saturated rings. The maximum atomic E-state index is 12.6. The molecule has 2 N–H and O–H groups in total. The molecule has 1 atom stereocenters. The number of hydrogen-bond donors (Lipinski definition) is 2. The predicted molar refractivity (Wildman–Crippen MR) is 110 cm³/mol. The van der Waals surface area contributed by atoms with Crippen LogP contribution in [0.2, 0.25) is 0 Å². The van der Waals surface area contributed by atoms with Crippen molar-refractivity contribution in [2.24, 2.45) is 0 Å². The topological polar surface area (TPSA) is 61.4 Å². The van der Waals surface area contributed by atoms with Crippen LogP contribution in [0, 0.1) is 0 Å². The average molecular weight is 377 g/mol. The third-order valence-corrected chi connectivity index (χ3v) is 6.00. The molecule has 2 aliphatic heterocycles. The van der Waals surface area contributed by atoms with Crippen molar-refractivity contribution < 1.29 is 9.59 Å². The van der Waals surface area contributed by atoms with E-state index in [2.05, 4.69) is 39.8 Å². The zero-order valence-electron chi connectivity index (χ0n) is 16.3. The van der Waals surface area contributed by atoms with Crippen molar-refractivity contribution in [3.63, 3.8) is 0 Å². The zero-order valence-corrected chi connectivity index (χ0v) is 16.3. The van der Waals surface area contributed by atoms with Gasteiger partial charge in [0.15, 0.2) is 0 Å². The number of anilines is 1. The monoisotopic (exact) mass is 377 g/mol. The van der Waals surface area contributed by atoms with Crippen molar-refractivity contribution in [1.29, 1.82) is 0 Å². The van der Waals surface area contributed by atoms with E-state index in [0.29, 0.717) is 0 Å². The SMILES string of the molecule is CC(=O)Nc1ccc(CN2CCC3(CC2)C[C@H](c2ccccc2)C(=O)N3)cc1. The molecule has 0 radical (unpaired) electrons. The van der Waals surface area contributed by atoms with Gasteiger partial charge >= 0.3 is 0 Å². The first-order valence-electron chi connectivity index (χ1n) is 9.99. The first-order chi connectivity index (χ1) is 13.5. The Morgan fingerprint density at radius 3 is 2.43 bits per heavy atom. The number of nitrogens with one attached hydrogen (secondary N) is 2. The van der Waals surface area contributed by atoms with Crippen LogP contribution in [-0.2, 0) is 16.1 Å². The molecule has 2 aromatic carbocycles. The molecule has 5 heteroatoms. The minimum Gasteiger partial charge on any atom is -0.350 e. The molecule has 146 valence electrons. The van der Waals surface area contributed by atoms with Crippen LogP contribution in [0.1, 0.15) is 43.2 Å². The first kappa shape index (κ1) is 18.7. The second-order valence-electron chi connectivity index (χ2n) is 8.09. The highest BCUT2D eigenvalue weighted by Gasteiger charge is 2.45. The molecule has 4 rings (SSSR count). The van der Waals surface area contributed by atoms with Gasteiger partial charge in [-0.15, -0.1) is 0 Å². The quantitative estimate of drug-likeness (QED) is 0.860. The van der Waals surface area contributed by atoms with Crippen LogP contribution in [0.5, 0.6) is 0 Å².